The molecule has 32 heavy (non-hydrogen) atoms. The first-order chi connectivity index (χ1) is 14.9. The Balaban J connectivity index is 1.94. The lowest BCUT2D eigenvalue weighted by Gasteiger charge is -2.27. The Morgan fingerprint density at radius 3 is 2.25 bits per heavy atom. The van der Waals surface area contributed by atoms with E-state index in [1.165, 1.54) is 18.2 Å². The molecule has 0 aliphatic heterocycles. The Labute approximate surface area is 187 Å². The Hall–Kier alpha value is -2.50. The van der Waals surface area contributed by atoms with Gasteiger partial charge in [0.25, 0.3) is 10.0 Å². The molecule has 3 rings (SSSR count). The first kappa shape index (κ1) is 24.1. The molecule has 172 valence electrons. The fourth-order valence-corrected chi connectivity index (χ4v) is 4.93. The fourth-order valence-electron chi connectivity index (χ4n) is 3.33. The van der Waals surface area contributed by atoms with Crippen LogP contribution in [-0.4, -0.2) is 32.3 Å². The lowest BCUT2D eigenvalue weighted by atomic mass is 9.86. The van der Waals surface area contributed by atoms with Crippen molar-refractivity contribution in [3.8, 4) is 11.8 Å². The van der Waals surface area contributed by atoms with Crippen LogP contribution in [0.4, 0.5) is 18.9 Å². The number of benzene rings is 2. The van der Waals surface area contributed by atoms with E-state index < -0.39 is 27.7 Å². The largest absolute Gasteiger partial charge is 0.415 e. The van der Waals surface area contributed by atoms with Crippen molar-refractivity contribution in [2.45, 2.75) is 50.3 Å². The van der Waals surface area contributed by atoms with Crippen LogP contribution in [0, 0.1) is 23.2 Å². The summed E-state index contributed by atoms with van der Waals surface area (Å²) in [4.78, 5) is 0.177. The van der Waals surface area contributed by atoms with Gasteiger partial charge in [-0.1, -0.05) is 48.2 Å². The minimum atomic E-state index is -4.78. The summed E-state index contributed by atoms with van der Waals surface area (Å²) in [5.41, 5.74) is -0.638. The van der Waals surface area contributed by atoms with E-state index in [0.717, 1.165) is 12.8 Å². The van der Waals surface area contributed by atoms with Gasteiger partial charge >= 0.3 is 6.18 Å². The zero-order valence-electron chi connectivity index (χ0n) is 17.9. The molecule has 8 heteroatoms. The van der Waals surface area contributed by atoms with Crippen molar-refractivity contribution in [2.75, 3.05) is 10.8 Å². The van der Waals surface area contributed by atoms with Crippen LogP contribution >= 0.6 is 0 Å². The standard InChI is InChI=1S/C24H26F3NO3S/c1-23(2,22(29)24(25,26)27)16-8-10-19-9-6-7-13-21(19)28(17-18-14-15-18)32(30,31)20-11-4-3-5-12-20/h3-7,9,11-13,18,22,29H,10,14-15,17H2,1-2H3. The molecule has 1 N–H and O–H groups in total. The number of nitrogens with zero attached hydrogens (tertiary/aromatic N) is 1. The van der Waals surface area contributed by atoms with E-state index in [9.17, 15) is 26.7 Å². The molecule has 1 atom stereocenters. The summed E-state index contributed by atoms with van der Waals surface area (Å²) < 4.78 is 66.9. The number of aliphatic hydroxyl groups excluding tert-OH is 1. The summed E-state index contributed by atoms with van der Waals surface area (Å²) in [5, 5.41) is 9.58. The zero-order chi connectivity index (χ0) is 23.6. The van der Waals surface area contributed by atoms with Gasteiger partial charge in [0.2, 0.25) is 0 Å². The maximum Gasteiger partial charge on any atom is 0.415 e. The third-order valence-electron chi connectivity index (χ3n) is 5.40. The van der Waals surface area contributed by atoms with Gasteiger partial charge in [-0.25, -0.2) is 8.42 Å². The highest BCUT2D eigenvalue weighted by Gasteiger charge is 2.47. The van der Waals surface area contributed by atoms with Crippen molar-refractivity contribution in [1.82, 2.24) is 0 Å². The molecule has 1 aliphatic rings. The van der Waals surface area contributed by atoms with Gasteiger partial charge < -0.3 is 5.11 Å². The van der Waals surface area contributed by atoms with Crippen LogP contribution in [0.2, 0.25) is 0 Å². The Kier molecular flexibility index (Phi) is 6.91. The molecule has 0 bridgehead atoms. The van der Waals surface area contributed by atoms with E-state index in [1.807, 2.05) is 0 Å². The summed E-state index contributed by atoms with van der Waals surface area (Å²) in [5.74, 6) is 5.51. The Morgan fingerprint density at radius 1 is 1.06 bits per heavy atom. The normalized spacial score (nSPS) is 15.6. The van der Waals surface area contributed by atoms with Crippen molar-refractivity contribution < 1.29 is 26.7 Å². The number of sulfonamides is 1. The van der Waals surface area contributed by atoms with Gasteiger partial charge in [-0.3, -0.25) is 4.31 Å². The average molecular weight is 466 g/mol. The molecule has 0 radical (unpaired) electrons. The molecular weight excluding hydrogens is 439 g/mol. The third-order valence-corrected chi connectivity index (χ3v) is 7.19. The van der Waals surface area contributed by atoms with Crippen LogP contribution in [0.5, 0.6) is 0 Å². The van der Waals surface area contributed by atoms with Crippen molar-refractivity contribution in [1.29, 1.82) is 0 Å². The number of hydrogen-bond acceptors (Lipinski definition) is 3. The highest BCUT2D eigenvalue weighted by atomic mass is 32.2. The van der Waals surface area contributed by atoms with Gasteiger partial charge in [-0.05, 0) is 56.4 Å². The summed E-state index contributed by atoms with van der Waals surface area (Å²) in [6.07, 6.45) is -5.41. The molecule has 0 spiro atoms. The topological polar surface area (TPSA) is 57.6 Å². The molecule has 0 amide bonds. The second-order valence-corrected chi connectivity index (χ2v) is 10.4. The maximum atomic E-state index is 13.4. The predicted octanol–water partition coefficient (Wildman–Crippen LogP) is 4.79. The van der Waals surface area contributed by atoms with Gasteiger partial charge in [0.15, 0.2) is 6.10 Å². The summed E-state index contributed by atoms with van der Waals surface area (Å²) in [6, 6.07) is 15.0. The third kappa shape index (κ3) is 5.64. The van der Waals surface area contributed by atoms with Crippen LogP contribution in [0.3, 0.4) is 0 Å². The van der Waals surface area contributed by atoms with Crippen molar-refractivity contribution >= 4 is 15.7 Å². The molecule has 4 nitrogen and oxygen atoms in total. The monoisotopic (exact) mass is 465 g/mol. The average Bonchev–Trinajstić information content (AvgIpc) is 3.56. The van der Waals surface area contributed by atoms with Gasteiger partial charge in [-0.15, -0.1) is 0 Å². The number of rotatable bonds is 7. The fraction of sp³-hybridized carbons (Fsp3) is 0.417. The lowest BCUT2D eigenvalue weighted by Crippen LogP contribution is -2.41. The van der Waals surface area contributed by atoms with Crippen LogP contribution in [0.15, 0.2) is 59.5 Å². The van der Waals surface area contributed by atoms with E-state index in [1.54, 1.807) is 54.6 Å². The number of hydrogen-bond donors (Lipinski definition) is 1. The minimum absolute atomic E-state index is 0.0512. The summed E-state index contributed by atoms with van der Waals surface area (Å²) in [6.45, 7) is 2.78. The van der Waals surface area contributed by atoms with Crippen molar-refractivity contribution in [2.24, 2.45) is 11.3 Å². The van der Waals surface area contributed by atoms with Gasteiger partial charge in [0, 0.05) is 13.0 Å². The van der Waals surface area contributed by atoms with Gasteiger partial charge in [-0.2, -0.15) is 13.2 Å². The van der Waals surface area contributed by atoms with Crippen LogP contribution < -0.4 is 4.31 Å². The second kappa shape index (κ2) is 9.16. The van der Waals surface area contributed by atoms with E-state index in [4.69, 9.17) is 0 Å². The molecule has 1 saturated carbocycles. The van der Waals surface area contributed by atoms with Crippen molar-refractivity contribution in [3.63, 3.8) is 0 Å². The smallest absolute Gasteiger partial charge is 0.382 e. The van der Waals surface area contributed by atoms with Crippen LogP contribution in [-0.2, 0) is 16.4 Å². The summed E-state index contributed by atoms with van der Waals surface area (Å²) >= 11 is 0. The first-order valence-corrected chi connectivity index (χ1v) is 11.8. The van der Waals surface area contributed by atoms with Crippen molar-refractivity contribution in [3.05, 3.63) is 60.2 Å². The molecule has 0 heterocycles. The quantitative estimate of drug-likeness (QED) is 0.599. The molecule has 0 saturated heterocycles. The Bertz CT molecular complexity index is 1100. The number of alkyl halides is 3. The van der Waals surface area contributed by atoms with E-state index >= 15 is 0 Å². The van der Waals surface area contributed by atoms with E-state index in [2.05, 4.69) is 11.8 Å². The number of anilines is 1. The van der Waals surface area contributed by atoms with Crippen LogP contribution in [0.1, 0.15) is 32.3 Å². The second-order valence-electron chi connectivity index (χ2n) is 8.57. The number of aliphatic hydroxyl groups is 1. The van der Waals surface area contributed by atoms with E-state index in [0.29, 0.717) is 17.8 Å². The molecule has 2 aromatic carbocycles. The van der Waals surface area contributed by atoms with E-state index in [-0.39, 0.29) is 17.2 Å². The zero-order valence-corrected chi connectivity index (χ0v) is 18.7. The molecule has 2 aromatic rings. The SMILES string of the molecule is CC(C)(C#CCc1ccccc1N(CC1CC1)S(=O)(=O)c1ccccc1)C(O)C(F)(F)F. The molecule has 1 fully saturated rings. The van der Waals surface area contributed by atoms with Gasteiger partial charge in [0.1, 0.15) is 0 Å². The molecular formula is C24H26F3NO3S. The summed E-state index contributed by atoms with van der Waals surface area (Å²) in [7, 11) is -3.82. The Morgan fingerprint density at radius 2 is 1.66 bits per heavy atom. The number of para-hydroxylation sites is 1. The lowest BCUT2D eigenvalue weighted by molar-refractivity contribution is -0.225. The molecule has 1 unspecified atom stereocenters. The maximum absolute atomic E-state index is 13.4. The molecule has 1 aliphatic carbocycles. The number of halogens is 3. The minimum Gasteiger partial charge on any atom is -0.382 e. The van der Waals surface area contributed by atoms with Crippen LogP contribution in [0.25, 0.3) is 0 Å². The predicted molar refractivity (Wildman–Crippen MR) is 117 cm³/mol. The molecule has 0 aromatic heterocycles. The highest BCUT2D eigenvalue weighted by molar-refractivity contribution is 7.92. The first-order valence-electron chi connectivity index (χ1n) is 10.3. The highest BCUT2D eigenvalue weighted by Crippen LogP contribution is 2.36. The van der Waals surface area contributed by atoms with Gasteiger partial charge in [0.05, 0.1) is 16.0 Å².